The van der Waals surface area contributed by atoms with Crippen molar-refractivity contribution in [2.75, 3.05) is 0 Å². The van der Waals surface area contributed by atoms with Crippen LogP contribution in [0.3, 0.4) is 0 Å². The van der Waals surface area contributed by atoms with Crippen LogP contribution in [0, 0.1) is 13.8 Å². The summed E-state index contributed by atoms with van der Waals surface area (Å²) in [6, 6.07) is 5.11. The number of benzene rings is 1. The first-order chi connectivity index (χ1) is 7.16. The Balaban J connectivity index is 2.46. The molecule has 78 valence electrons. The fourth-order valence-electron chi connectivity index (χ4n) is 2.81. The van der Waals surface area contributed by atoms with Gasteiger partial charge in [0, 0.05) is 6.04 Å². The number of aryl methyl sites for hydroxylation is 3. The van der Waals surface area contributed by atoms with E-state index in [9.17, 15) is 0 Å². The van der Waals surface area contributed by atoms with Crippen molar-refractivity contribution in [3.8, 4) is 0 Å². The van der Waals surface area contributed by atoms with Crippen LogP contribution >= 0.6 is 0 Å². The molecule has 2 nitrogen and oxygen atoms in total. The number of rotatable bonds is 0. The Morgan fingerprint density at radius 3 is 2.93 bits per heavy atom. The number of aromatic nitrogens is 2. The smallest absolute Gasteiger partial charge is 0.106 e. The van der Waals surface area contributed by atoms with Gasteiger partial charge in [0.25, 0.3) is 0 Å². The van der Waals surface area contributed by atoms with Crippen LogP contribution in [0.2, 0.25) is 0 Å². The van der Waals surface area contributed by atoms with Gasteiger partial charge in [0.1, 0.15) is 5.82 Å². The highest BCUT2D eigenvalue weighted by molar-refractivity contribution is 5.81. The van der Waals surface area contributed by atoms with E-state index in [2.05, 4.69) is 42.5 Å². The van der Waals surface area contributed by atoms with Crippen LogP contribution in [0.1, 0.15) is 36.3 Å². The van der Waals surface area contributed by atoms with E-state index in [0.29, 0.717) is 6.04 Å². The lowest BCUT2D eigenvalue weighted by atomic mass is 9.98. The minimum atomic E-state index is 0.602. The second kappa shape index (κ2) is 2.84. The van der Waals surface area contributed by atoms with E-state index in [-0.39, 0.29) is 0 Å². The fraction of sp³-hybridized carbons (Fsp3) is 0.462. The predicted molar refractivity (Wildman–Crippen MR) is 62.2 cm³/mol. The van der Waals surface area contributed by atoms with Crippen LogP contribution in [0.5, 0.6) is 0 Å². The van der Waals surface area contributed by atoms with Gasteiger partial charge in [-0.3, -0.25) is 0 Å². The molecule has 0 radical (unpaired) electrons. The van der Waals surface area contributed by atoms with Crippen LogP contribution in [-0.2, 0) is 6.42 Å². The molecule has 0 N–H and O–H groups in total. The van der Waals surface area contributed by atoms with Gasteiger partial charge in [0.2, 0.25) is 0 Å². The first kappa shape index (κ1) is 8.96. The van der Waals surface area contributed by atoms with E-state index in [1.165, 1.54) is 35.0 Å². The Kier molecular flexibility index (Phi) is 1.70. The normalized spacial score (nSPS) is 19.8. The van der Waals surface area contributed by atoms with Crippen LogP contribution < -0.4 is 0 Å². The summed E-state index contributed by atoms with van der Waals surface area (Å²) < 4.78 is 2.40. The van der Waals surface area contributed by atoms with Gasteiger partial charge in [0.15, 0.2) is 0 Å². The molecule has 1 aromatic heterocycles. The van der Waals surface area contributed by atoms with Crippen molar-refractivity contribution in [1.29, 1.82) is 0 Å². The summed E-state index contributed by atoms with van der Waals surface area (Å²) in [6.45, 7) is 6.56. The second-order valence-electron chi connectivity index (χ2n) is 4.71. The molecule has 15 heavy (non-hydrogen) atoms. The molecule has 1 aliphatic rings. The van der Waals surface area contributed by atoms with Crippen molar-refractivity contribution in [1.82, 2.24) is 9.55 Å². The number of hydrogen-bond donors (Lipinski definition) is 0. The van der Waals surface area contributed by atoms with Crippen molar-refractivity contribution in [3.63, 3.8) is 0 Å². The minimum absolute atomic E-state index is 0.602. The highest BCUT2D eigenvalue weighted by Crippen LogP contribution is 2.32. The second-order valence-corrected chi connectivity index (χ2v) is 4.71. The molecule has 0 unspecified atom stereocenters. The summed E-state index contributed by atoms with van der Waals surface area (Å²) >= 11 is 0. The quantitative estimate of drug-likeness (QED) is 0.638. The molecule has 0 aliphatic carbocycles. The van der Waals surface area contributed by atoms with E-state index >= 15 is 0 Å². The lowest BCUT2D eigenvalue weighted by Gasteiger charge is -2.23. The van der Waals surface area contributed by atoms with Crippen molar-refractivity contribution in [3.05, 3.63) is 29.1 Å². The molecule has 0 saturated carbocycles. The summed E-state index contributed by atoms with van der Waals surface area (Å²) in [5.74, 6) is 1.16. The Morgan fingerprint density at radius 2 is 2.13 bits per heavy atom. The molecule has 3 rings (SSSR count). The van der Waals surface area contributed by atoms with Gasteiger partial charge in [-0.25, -0.2) is 4.98 Å². The lowest BCUT2D eigenvalue weighted by molar-refractivity contribution is 0.491. The van der Waals surface area contributed by atoms with Crippen molar-refractivity contribution in [2.24, 2.45) is 0 Å². The Hall–Kier alpha value is -1.31. The molecule has 0 fully saturated rings. The first-order valence-electron chi connectivity index (χ1n) is 5.65. The molecule has 1 aliphatic heterocycles. The van der Waals surface area contributed by atoms with E-state index in [0.717, 1.165) is 5.82 Å². The van der Waals surface area contributed by atoms with Crippen LogP contribution in [-0.4, -0.2) is 9.55 Å². The molecule has 2 aromatic rings. The average molecular weight is 200 g/mol. The Labute approximate surface area is 89.9 Å². The highest BCUT2D eigenvalue weighted by Gasteiger charge is 2.21. The third kappa shape index (κ3) is 1.14. The zero-order valence-electron chi connectivity index (χ0n) is 9.54. The van der Waals surface area contributed by atoms with Gasteiger partial charge in [-0.15, -0.1) is 0 Å². The van der Waals surface area contributed by atoms with Crippen molar-refractivity contribution >= 4 is 11.0 Å². The molecule has 0 amide bonds. The standard InChI is InChI=1S/C13H16N2/c1-8-6-11-5-4-9(2)15-10(3)14-12(7-8)13(11)15/h6-7,9H,4-5H2,1-3H3/t9-/m0/s1. The van der Waals surface area contributed by atoms with Gasteiger partial charge >= 0.3 is 0 Å². The number of hydrogen-bond acceptors (Lipinski definition) is 1. The van der Waals surface area contributed by atoms with Crippen molar-refractivity contribution < 1.29 is 0 Å². The van der Waals surface area contributed by atoms with E-state index in [4.69, 9.17) is 0 Å². The largest absolute Gasteiger partial charge is 0.325 e. The topological polar surface area (TPSA) is 17.8 Å². The maximum Gasteiger partial charge on any atom is 0.106 e. The molecular weight excluding hydrogens is 184 g/mol. The molecule has 2 heterocycles. The summed E-state index contributed by atoms with van der Waals surface area (Å²) in [5, 5.41) is 0. The van der Waals surface area contributed by atoms with Gasteiger partial charge < -0.3 is 4.57 Å². The number of nitrogens with zero attached hydrogens (tertiary/aromatic N) is 2. The molecule has 2 heteroatoms. The van der Waals surface area contributed by atoms with Crippen LogP contribution in [0.4, 0.5) is 0 Å². The summed E-state index contributed by atoms with van der Waals surface area (Å²) in [4.78, 5) is 4.66. The van der Waals surface area contributed by atoms with Gasteiger partial charge in [0.05, 0.1) is 11.0 Å². The summed E-state index contributed by atoms with van der Waals surface area (Å²) in [6.07, 6.45) is 2.44. The monoisotopic (exact) mass is 200 g/mol. The molecular formula is C13H16N2. The van der Waals surface area contributed by atoms with Crippen LogP contribution in [0.25, 0.3) is 11.0 Å². The summed E-state index contributed by atoms with van der Waals surface area (Å²) in [7, 11) is 0. The SMILES string of the molecule is Cc1cc2c3c(c1)nc(C)n3[C@@H](C)CC2. The Bertz CT molecular complexity index is 537. The Morgan fingerprint density at radius 1 is 1.33 bits per heavy atom. The lowest BCUT2D eigenvalue weighted by Crippen LogP contribution is -2.14. The highest BCUT2D eigenvalue weighted by atomic mass is 15.1. The van der Waals surface area contributed by atoms with E-state index in [1.54, 1.807) is 0 Å². The van der Waals surface area contributed by atoms with Gasteiger partial charge in [-0.2, -0.15) is 0 Å². The van der Waals surface area contributed by atoms with Gasteiger partial charge in [-0.1, -0.05) is 6.07 Å². The molecule has 0 bridgehead atoms. The first-order valence-corrected chi connectivity index (χ1v) is 5.65. The van der Waals surface area contributed by atoms with E-state index < -0.39 is 0 Å². The van der Waals surface area contributed by atoms with Gasteiger partial charge in [-0.05, 0) is 50.8 Å². The molecule has 0 saturated heterocycles. The number of imidazole rings is 1. The maximum absolute atomic E-state index is 4.66. The van der Waals surface area contributed by atoms with E-state index in [1.807, 2.05) is 0 Å². The van der Waals surface area contributed by atoms with Crippen molar-refractivity contribution in [2.45, 2.75) is 39.7 Å². The third-order valence-electron chi connectivity index (χ3n) is 3.46. The summed E-state index contributed by atoms with van der Waals surface area (Å²) in [5.41, 5.74) is 5.35. The molecule has 0 spiro atoms. The average Bonchev–Trinajstić information content (AvgIpc) is 2.49. The minimum Gasteiger partial charge on any atom is -0.325 e. The zero-order chi connectivity index (χ0) is 10.6. The molecule has 1 aromatic carbocycles. The van der Waals surface area contributed by atoms with Crippen LogP contribution in [0.15, 0.2) is 12.1 Å². The maximum atomic E-state index is 4.66. The predicted octanol–water partition coefficient (Wildman–Crippen LogP) is 3.16. The zero-order valence-corrected chi connectivity index (χ0v) is 9.54. The molecule has 1 atom stereocenters. The third-order valence-corrected chi connectivity index (χ3v) is 3.46. The fourth-order valence-corrected chi connectivity index (χ4v) is 2.81.